The van der Waals surface area contributed by atoms with Crippen LogP contribution in [0.4, 0.5) is 4.79 Å². The van der Waals surface area contributed by atoms with E-state index in [-0.39, 0.29) is 12.1 Å². The molecular formula is C11H22N2O2. The zero-order valence-electron chi connectivity index (χ0n) is 10.2. The maximum atomic E-state index is 11.8. The minimum absolute atomic E-state index is 0.218. The molecule has 1 aliphatic rings. The van der Waals surface area contributed by atoms with Crippen molar-refractivity contribution in [2.24, 2.45) is 0 Å². The molecule has 1 saturated heterocycles. The Morgan fingerprint density at radius 1 is 1.47 bits per heavy atom. The molecule has 1 unspecified atom stereocenters. The molecule has 4 heteroatoms. The standard InChI is InChI=1S/C11H22N2O2/c1-9-6-5-7-12-8-13(9)10(14)15-11(2,3)4/h9,12H,5-8H2,1-4H3. The first kappa shape index (κ1) is 12.3. The summed E-state index contributed by atoms with van der Waals surface area (Å²) < 4.78 is 5.35. The second kappa shape index (κ2) is 4.84. The van der Waals surface area contributed by atoms with Gasteiger partial charge in [-0.05, 0) is 47.1 Å². The molecule has 0 aromatic carbocycles. The molecular weight excluding hydrogens is 192 g/mol. The summed E-state index contributed by atoms with van der Waals surface area (Å²) in [4.78, 5) is 13.6. The minimum atomic E-state index is -0.414. The van der Waals surface area contributed by atoms with Gasteiger partial charge >= 0.3 is 6.09 Å². The molecule has 88 valence electrons. The third-order valence-electron chi connectivity index (χ3n) is 2.42. The molecule has 0 radical (unpaired) electrons. The van der Waals surface area contributed by atoms with Crippen molar-refractivity contribution in [2.45, 2.75) is 52.2 Å². The zero-order chi connectivity index (χ0) is 11.5. The van der Waals surface area contributed by atoms with Crippen LogP contribution in [0.1, 0.15) is 40.5 Å². The van der Waals surface area contributed by atoms with Crippen LogP contribution in [0.15, 0.2) is 0 Å². The van der Waals surface area contributed by atoms with Crippen molar-refractivity contribution in [2.75, 3.05) is 13.2 Å². The van der Waals surface area contributed by atoms with E-state index in [1.165, 1.54) is 0 Å². The largest absolute Gasteiger partial charge is 0.444 e. The molecule has 15 heavy (non-hydrogen) atoms. The van der Waals surface area contributed by atoms with Gasteiger partial charge in [0.25, 0.3) is 0 Å². The first-order valence-corrected chi connectivity index (χ1v) is 5.60. The predicted octanol–water partition coefficient (Wildman–Crippen LogP) is 1.95. The molecule has 1 aliphatic heterocycles. The van der Waals surface area contributed by atoms with Gasteiger partial charge in [0.05, 0.1) is 6.67 Å². The summed E-state index contributed by atoms with van der Waals surface area (Å²) in [5, 5.41) is 3.22. The third-order valence-corrected chi connectivity index (χ3v) is 2.42. The molecule has 0 aromatic rings. The molecule has 0 bridgehead atoms. The van der Waals surface area contributed by atoms with Crippen molar-refractivity contribution >= 4 is 6.09 Å². The van der Waals surface area contributed by atoms with Gasteiger partial charge in [-0.25, -0.2) is 4.79 Å². The summed E-state index contributed by atoms with van der Waals surface area (Å²) in [6, 6.07) is 0.259. The van der Waals surface area contributed by atoms with Crippen LogP contribution in [0.25, 0.3) is 0 Å². The molecule has 1 fully saturated rings. The van der Waals surface area contributed by atoms with Gasteiger partial charge in [-0.15, -0.1) is 0 Å². The van der Waals surface area contributed by atoms with Gasteiger partial charge in [-0.1, -0.05) is 0 Å². The van der Waals surface area contributed by atoms with E-state index in [9.17, 15) is 4.79 Å². The molecule has 1 atom stereocenters. The third kappa shape index (κ3) is 4.08. The van der Waals surface area contributed by atoms with E-state index in [2.05, 4.69) is 12.2 Å². The average Bonchev–Trinajstić information content (AvgIpc) is 2.26. The zero-order valence-corrected chi connectivity index (χ0v) is 10.2. The topological polar surface area (TPSA) is 41.6 Å². The molecule has 0 spiro atoms. The quantitative estimate of drug-likeness (QED) is 0.670. The Labute approximate surface area is 92.0 Å². The van der Waals surface area contributed by atoms with Gasteiger partial charge in [0, 0.05) is 6.04 Å². The summed E-state index contributed by atoms with van der Waals surface area (Å²) in [7, 11) is 0. The summed E-state index contributed by atoms with van der Waals surface area (Å²) in [5.41, 5.74) is -0.414. The molecule has 1 amide bonds. The SMILES string of the molecule is CC1CCCNCN1C(=O)OC(C)(C)C. The summed E-state index contributed by atoms with van der Waals surface area (Å²) in [6.07, 6.45) is 1.93. The molecule has 1 heterocycles. The maximum Gasteiger partial charge on any atom is 0.411 e. The highest BCUT2D eigenvalue weighted by molar-refractivity contribution is 5.68. The summed E-state index contributed by atoms with van der Waals surface area (Å²) in [5.74, 6) is 0. The van der Waals surface area contributed by atoms with Crippen molar-refractivity contribution in [1.29, 1.82) is 0 Å². The number of rotatable bonds is 0. The fourth-order valence-corrected chi connectivity index (χ4v) is 1.60. The van der Waals surface area contributed by atoms with Gasteiger partial charge in [0.2, 0.25) is 0 Å². The number of amides is 1. The van der Waals surface area contributed by atoms with Crippen LogP contribution in [0, 0.1) is 0 Å². The van der Waals surface area contributed by atoms with Gasteiger partial charge in [-0.2, -0.15) is 0 Å². The van der Waals surface area contributed by atoms with Gasteiger partial charge in [-0.3, -0.25) is 10.2 Å². The van der Waals surface area contributed by atoms with Crippen LogP contribution in [-0.4, -0.2) is 35.8 Å². The minimum Gasteiger partial charge on any atom is -0.444 e. The molecule has 0 aromatic heterocycles. The van der Waals surface area contributed by atoms with Gasteiger partial charge < -0.3 is 4.74 Å². The second-order valence-corrected chi connectivity index (χ2v) is 5.10. The van der Waals surface area contributed by atoms with Crippen LogP contribution in [0.3, 0.4) is 0 Å². The molecule has 0 saturated carbocycles. The van der Waals surface area contributed by atoms with Gasteiger partial charge in [0.15, 0.2) is 0 Å². The van der Waals surface area contributed by atoms with Gasteiger partial charge in [0.1, 0.15) is 5.60 Å². The number of hydrogen-bond donors (Lipinski definition) is 1. The normalized spacial score (nSPS) is 23.5. The van der Waals surface area contributed by atoms with Crippen molar-refractivity contribution in [3.63, 3.8) is 0 Å². The number of hydrogen-bond acceptors (Lipinski definition) is 3. The van der Waals surface area contributed by atoms with E-state index in [0.29, 0.717) is 6.67 Å². The van der Waals surface area contributed by atoms with Crippen LogP contribution >= 0.6 is 0 Å². The fourth-order valence-electron chi connectivity index (χ4n) is 1.60. The number of carbonyl (C=O) groups excluding carboxylic acids is 1. The monoisotopic (exact) mass is 214 g/mol. The predicted molar refractivity (Wildman–Crippen MR) is 59.6 cm³/mol. The number of nitrogens with zero attached hydrogens (tertiary/aromatic N) is 1. The van der Waals surface area contributed by atoms with E-state index in [4.69, 9.17) is 4.74 Å². The highest BCUT2D eigenvalue weighted by Crippen LogP contribution is 2.14. The fraction of sp³-hybridized carbons (Fsp3) is 0.909. The van der Waals surface area contributed by atoms with Crippen molar-refractivity contribution < 1.29 is 9.53 Å². The first-order valence-electron chi connectivity index (χ1n) is 5.60. The summed E-state index contributed by atoms with van der Waals surface area (Å²) in [6.45, 7) is 9.30. The van der Waals surface area contributed by atoms with E-state index in [1.54, 1.807) is 4.90 Å². The van der Waals surface area contributed by atoms with Crippen molar-refractivity contribution in [1.82, 2.24) is 10.2 Å². The molecule has 4 nitrogen and oxygen atoms in total. The Bertz CT molecular complexity index is 223. The Hall–Kier alpha value is -0.770. The Morgan fingerprint density at radius 3 is 2.73 bits per heavy atom. The Kier molecular flexibility index (Phi) is 3.97. The lowest BCUT2D eigenvalue weighted by molar-refractivity contribution is 0.0171. The van der Waals surface area contributed by atoms with Crippen LogP contribution < -0.4 is 5.32 Å². The number of ether oxygens (including phenoxy) is 1. The van der Waals surface area contributed by atoms with E-state index in [0.717, 1.165) is 19.4 Å². The average molecular weight is 214 g/mol. The van der Waals surface area contributed by atoms with E-state index in [1.807, 2.05) is 20.8 Å². The number of nitrogens with one attached hydrogen (secondary N) is 1. The summed E-state index contributed by atoms with van der Waals surface area (Å²) >= 11 is 0. The Balaban J connectivity index is 2.56. The smallest absolute Gasteiger partial charge is 0.411 e. The lowest BCUT2D eigenvalue weighted by Crippen LogP contribution is -2.44. The van der Waals surface area contributed by atoms with Crippen LogP contribution in [0.5, 0.6) is 0 Å². The number of carbonyl (C=O) groups is 1. The maximum absolute atomic E-state index is 11.8. The second-order valence-electron chi connectivity index (χ2n) is 5.10. The lowest BCUT2D eigenvalue weighted by Gasteiger charge is -2.30. The van der Waals surface area contributed by atoms with Crippen LogP contribution in [0.2, 0.25) is 0 Å². The molecule has 1 rings (SSSR count). The lowest BCUT2D eigenvalue weighted by atomic mass is 10.2. The van der Waals surface area contributed by atoms with E-state index < -0.39 is 5.60 Å². The van der Waals surface area contributed by atoms with Crippen molar-refractivity contribution in [3.05, 3.63) is 0 Å². The van der Waals surface area contributed by atoms with Crippen LogP contribution in [-0.2, 0) is 4.74 Å². The first-order chi connectivity index (χ1) is 6.90. The van der Waals surface area contributed by atoms with E-state index >= 15 is 0 Å². The highest BCUT2D eigenvalue weighted by atomic mass is 16.6. The van der Waals surface area contributed by atoms with Crippen molar-refractivity contribution in [3.8, 4) is 0 Å². The Morgan fingerprint density at radius 2 is 2.13 bits per heavy atom. The molecule has 1 N–H and O–H groups in total. The highest BCUT2D eigenvalue weighted by Gasteiger charge is 2.26. The molecule has 0 aliphatic carbocycles.